The summed E-state index contributed by atoms with van der Waals surface area (Å²) in [5.74, 6) is -0.314. The zero-order valence-electron chi connectivity index (χ0n) is 15.4. The highest BCUT2D eigenvalue weighted by molar-refractivity contribution is 5.83. The van der Waals surface area contributed by atoms with Crippen LogP contribution in [0.5, 0.6) is 0 Å². The summed E-state index contributed by atoms with van der Waals surface area (Å²) in [6.45, 7) is 7.25. The van der Waals surface area contributed by atoms with E-state index >= 15 is 0 Å². The number of likely N-dealkylation sites (N-methyl/N-ethyl adjacent to an activating group) is 1. The van der Waals surface area contributed by atoms with Gasteiger partial charge in [-0.2, -0.15) is 0 Å². The predicted octanol–water partition coefficient (Wildman–Crippen LogP) is 3.17. The van der Waals surface area contributed by atoms with Crippen LogP contribution in [-0.4, -0.2) is 53.0 Å². The van der Waals surface area contributed by atoms with E-state index in [-0.39, 0.29) is 18.4 Å². The van der Waals surface area contributed by atoms with Gasteiger partial charge in [-0.25, -0.2) is 0 Å². The Labute approximate surface area is 150 Å². The van der Waals surface area contributed by atoms with Gasteiger partial charge in [0, 0.05) is 19.5 Å². The minimum Gasteiger partial charge on any atom is -0.481 e. The van der Waals surface area contributed by atoms with Crippen LogP contribution in [0.3, 0.4) is 0 Å². The van der Waals surface area contributed by atoms with E-state index in [2.05, 4.69) is 18.7 Å². The number of hydrogen-bond acceptors (Lipinski definition) is 3. The van der Waals surface area contributed by atoms with E-state index in [1.54, 1.807) is 0 Å². The second-order valence-electron chi connectivity index (χ2n) is 6.76. The fraction of sp³-hybridized carbons (Fsp3) is 0.600. The Bertz CT molecular complexity index is 557. The number of likely N-dealkylation sites (tertiary alicyclic amines) is 1. The molecule has 0 aliphatic carbocycles. The highest BCUT2D eigenvalue weighted by Gasteiger charge is 2.32. The lowest BCUT2D eigenvalue weighted by molar-refractivity contribution is -0.139. The van der Waals surface area contributed by atoms with Gasteiger partial charge in [-0.1, -0.05) is 44.2 Å². The van der Waals surface area contributed by atoms with Crippen molar-refractivity contribution in [2.45, 2.75) is 45.6 Å². The summed E-state index contributed by atoms with van der Waals surface area (Å²) in [4.78, 5) is 28.3. The molecule has 1 aliphatic heterocycles. The number of hydrogen-bond donors (Lipinski definition) is 1. The molecule has 1 N–H and O–H groups in total. The standard InChI is InChI=1S/C20H30N2O3/c1-3-21(4-2)19(17-10-6-5-7-11-17)20(25)22-14-8-9-16(15-22)12-13-18(23)24/h5-7,10-11,16,19H,3-4,8-9,12-15H2,1-2H3,(H,23,24). The fourth-order valence-electron chi connectivity index (χ4n) is 3.74. The molecule has 0 spiro atoms. The van der Waals surface area contributed by atoms with Crippen LogP contribution >= 0.6 is 0 Å². The molecule has 1 aliphatic rings. The van der Waals surface area contributed by atoms with Crippen LogP contribution < -0.4 is 0 Å². The quantitative estimate of drug-likeness (QED) is 0.785. The first kappa shape index (κ1) is 19.4. The molecule has 5 heteroatoms. The largest absolute Gasteiger partial charge is 0.481 e. The van der Waals surface area contributed by atoms with E-state index in [4.69, 9.17) is 5.11 Å². The van der Waals surface area contributed by atoms with Gasteiger partial charge in [-0.15, -0.1) is 0 Å². The molecule has 0 aromatic heterocycles. The Morgan fingerprint density at radius 1 is 1.24 bits per heavy atom. The second-order valence-corrected chi connectivity index (χ2v) is 6.76. The number of rotatable bonds is 8. The summed E-state index contributed by atoms with van der Waals surface area (Å²) < 4.78 is 0. The van der Waals surface area contributed by atoms with Gasteiger partial charge in [-0.3, -0.25) is 14.5 Å². The topological polar surface area (TPSA) is 60.9 Å². The summed E-state index contributed by atoms with van der Waals surface area (Å²) in [6, 6.07) is 9.71. The SMILES string of the molecule is CCN(CC)C(C(=O)N1CCCC(CCC(=O)O)C1)c1ccccc1. The molecule has 5 nitrogen and oxygen atoms in total. The molecule has 2 unspecified atom stereocenters. The van der Waals surface area contributed by atoms with Crippen molar-refractivity contribution in [1.82, 2.24) is 9.80 Å². The maximum atomic E-state index is 13.3. The number of carboxylic acids is 1. The van der Waals surface area contributed by atoms with Gasteiger partial charge in [-0.05, 0) is 43.8 Å². The number of nitrogens with zero attached hydrogens (tertiary/aromatic N) is 2. The van der Waals surface area contributed by atoms with Gasteiger partial charge in [0.1, 0.15) is 6.04 Å². The molecule has 1 aromatic carbocycles. The van der Waals surface area contributed by atoms with Crippen LogP contribution in [-0.2, 0) is 9.59 Å². The molecule has 0 bridgehead atoms. The minimum atomic E-state index is -0.756. The Balaban J connectivity index is 2.13. The number of benzene rings is 1. The fourth-order valence-corrected chi connectivity index (χ4v) is 3.74. The average molecular weight is 346 g/mol. The van der Waals surface area contributed by atoms with Crippen LogP contribution in [0.2, 0.25) is 0 Å². The highest BCUT2D eigenvalue weighted by Crippen LogP contribution is 2.27. The zero-order chi connectivity index (χ0) is 18.2. The Hall–Kier alpha value is -1.88. The molecule has 138 valence electrons. The van der Waals surface area contributed by atoms with E-state index in [1.165, 1.54) is 0 Å². The Morgan fingerprint density at radius 2 is 1.92 bits per heavy atom. The number of amides is 1. The predicted molar refractivity (Wildman–Crippen MR) is 98.3 cm³/mol. The van der Waals surface area contributed by atoms with Gasteiger partial charge >= 0.3 is 5.97 Å². The van der Waals surface area contributed by atoms with Crippen molar-refractivity contribution in [3.63, 3.8) is 0 Å². The molecule has 1 heterocycles. The molecule has 1 amide bonds. The number of aliphatic carboxylic acids is 1. The summed E-state index contributed by atoms with van der Waals surface area (Å²) in [7, 11) is 0. The van der Waals surface area contributed by atoms with Crippen molar-refractivity contribution < 1.29 is 14.7 Å². The summed E-state index contributed by atoms with van der Waals surface area (Å²) in [5, 5.41) is 8.91. The van der Waals surface area contributed by atoms with Crippen molar-refractivity contribution in [2.75, 3.05) is 26.2 Å². The first-order valence-corrected chi connectivity index (χ1v) is 9.36. The number of carbonyl (C=O) groups is 2. The molecular formula is C20H30N2O3. The maximum Gasteiger partial charge on any atom is 0.303 e. The Morgan fingerprint density at radius 3 is 2.52 bits per heavy atom. The van der Waals surface area contributed by atoms with Crippen molar-refractivity contribution in [2.24, 2.45) is 5.92 Å². The Kier molecular flexibility index (Phi) is 7.44. The van der Waals surface area contributed by atoms with Gasteiger partial charge in [0.15, 0.2) is 0 Å². The third kappa shape index (κ3) is 5.30. The first-order chi connectivity index (χ1) is 12.1. The van der Waals surface area contributed by atoms with Crippen molar-refractivity contribution >= 4 is 11.9 Å². The van der Waals surface area contributed by atoms with Crippen molar-refractivity contribution in [3.05, 3.63) is 35.9 Å². The molecule has 25 heavy (non-hydrogen) atoms. The van der Waals surface area contributed by atoms with Gasteiger partial charge in [0.25, 0.3) is 0 Å². The molecule has 2 atom stereocenters. The smallest absolute Gasteiger partial charge is 0.303 e. The third-order valence-corrected chi connectivity index (χ3v) is 5.12. The summed E-state index contributed by atoms with van der Waals surface area (Å²) in [6.07, 6.45) is 2.80. The molecule has 0 saturated carbocycles. The van der Waals surface area contributed by atoms with Crippen LogP contribution in [0, 0.1) is 5.92 Å². The first-order valence-electron chi connectivity index (χ1n) is 9.36. The van der Waals surface area contributed by atoms with Crippen LogP contribution in [0.15, 0.2) is 30.3 Å². The summed E-state index contributed by atoms with van der Waals surface area (Å²) >= 11 is 0. The normalized spacial score (nSPS) is 19.0. The minimum absolute atomic E-state index is 0.148. The molecular weight excluding hydrogens is 316 g/mol. The van der Waals surface area contributed by atoms with Gasteiger partial charge < -0.3 is 10.0 Å². The monoisotopic (exact) mass is 346 g/mol. The lowest BCUT2D eigenvalue weighted by Crippen LogP contribution is -2.47. The molecule has 1 fully saturated rings. The van der Waals surface area contributed by atoms with E-state index in [9.17, 15) is 9.59 Å². The van der Waals surface area contributed by atoms with Crippen molar-refractivity contribution in [1.29, 1.82) is 0 Å². The molecule has 1 aromatic rings. The second kappa shape index (κ2) is 9.56. The van der Waals surface area contributed by atoms with Crippen LogP contribution in [0.4, 0.5) is 0 Å². The van der Waals surface area contributed by atoms with E-state index in [1.807, 2.05) is 35.2 Å². The lowest BCUT2D eigenvalue weighted by Gasteiger charge is -2.38. The third-order valence-electron chi connectivity index (χ3n) is 5.12. The summed E-state index contributed by atoms with van der Waals surface area (Å²) in [5.41, 5.74) is 1.03. The maximum absolute atomic E-state index is 13.3. The number of carbonyl (C=O) groups excluding carboxylic acids is 1. The highest BCUT2D eigenvalue weighted by atomic mass is 16.4. The molecule has 0 radical (unpaired) electrons. The van der Waals surface area contributed by atoms with Gasteiger partial charge in [0.2, 0.25) is 5.91 Å². The zero-order valence-corrected chi connectivity index (χ0v) is 15.4. The van der Waals surface area contributed by atoms with Crippen molar-refractivity contribution in [3.8, 4) is 0 Å². The lowest BCUT2D eigenvalue weighted by atomic mass is 9.92. The molecule has 2 rings (SSSR count). The van der Waals surface area contributed by atoms with Crippen LogP contribution in [0.1, 0.15) is 51.1 Å². The van der Waals surface area contributed by atoms with E-state index < -0.39 is 5.97 Å². The number of piperidine rings is 1. The number of carboxylic acid groups (broad SMARTS) is 1. The average Bonchev–Trinajstić information content (AvgIpc) is 2.64. The van der Waals surface area contributed by atoms with E-state index in [0.29, 0.717) is 18.9 Å². The van der Waals surface area contributed by atoms with Gasteiger partial charge in [0.05, 0.1) is 0 Å². The van der Waals surface area contributed by atoms with E-state index in [0.717, 1.165) is 38.0 Å². The molecule has 1 saturated heterocycles. The van der Waals surface area contributed by atoms with Crippen LogP contribution in [0.25, 0.3) is 0 Å².